The van der Waals surface area contributed by atoms with Gasteiger partial charge in [0.15, 0.2) is 11.8 Å². The number of amides is 1. The van der Waals surface area contributed by atoms with E-state index in [9.17, 15) is 4.79 Å². The van der Waals surface area contributed by atoms with Crippen molar-refractivity contribution in [1.82, 2.24) is 19.5 Å². The Morgan fingerprint density at radius 2 is 1.86 bits per heavy atom. The van der Waals surface area contributed by atoms with Gasteiger partial charge in [-0.1, -0.05) is 48.0 Å². The molecule has 1 aliphatic heterocycles. The number of fused-ring (bicyclic) bond motifs is 1. The maximum Gasteiger partial charge on any atom is 0.263 e. The number of likely N-dealkylation sites (tertiary alicyclic amines) is 1. The zero-order valence-electron chi connectivity index (χ0n) is 19.2. The second-order valence-electron chi connectivity index (χ2n) is 8.55. The monoisotopic (exact) mass is 553 g/mol. The lowest BCUT2D eigenvalue weighted by atomic mass is 10.0. The van der Waals surface area contributed by atoms with Crippen molar-refractivity contribution in [2.45, 2.75) is 31.9 Å². The van der Waals surface area contributed by atoms with E-state index < -0.39 is 6.10 Å². The molecule has 5 rings (SSSR count). The SMILES string of the molecule is CC(Oc1ccccc1)C(=O)N1CCC(Nc2cc(-c3ccccc3Cl)nc3c(Br)cnn23)CC1. The minimum atomic E-state index is -0.527. The molecule has 1 aliphatic rings. The molecule has 9 heteroatoms. The maximum absolute atomic E-state index is 12.9. The summed E-state index contributed by atoms with van der Waals surface area (Å²) in [5.41, 5.74) is 2.34. The highest BCUT2D eigenvalue weighted by Crippen LogP contribution is 2.31. The van der Waals surface area contributed by atoms with Gasteiger partial charge in [0.25, 0.3) is 5.91 Å². The third-order valence-electron chi connectivity index (χ3n) is 6.14. The van der Waals surface area contributed by atoms with Gasteiger partial charge in [0.05, 0.1) is 16.4 Å². The lowest BCUT2D eigenvalue weighted by molar-refractivity contribution is -0.138. The predicted octanol–water partition coefficient (Wildman–Crippen LogP) is 5.68. The standard InChI is InChI=1S/C26H25BrClN5O2/c1-17(35-19-7-3-2-4-8-19)26(34)32-13-11-18(12-14-32)30-24-15-23(20-9-5-6-10-22(20)28)31-25-21(27)16-29-33(24)25/h2-10,15-18,30H,11-14H2,1H3. The third-order valence-corrected chi connectivity index (χ3v) is 7.03. The van der Waals surface area contributed by atoms with Crippen LogP contribution in [0.2, 0.25) is 5.02 Å². The first-order valence-corrected chi connectivity index (χ1v) is 12.7. The van der Waals surface area contributed by atoms with E-state index in [0.717, 1.165) is 34.4 Å². The summed E-state index contributed by atoms with van der Waals surface area (Å²) in [6.07, 6.45) is 2.84. The summed E-state index contributed by atoms with van der Waals surface area (Å²) in [5.74, 6) is 1.54. The molecule has 3 heterocycles. The van der Waals surface area contributed by atoms with Crippen LogP contribution in [0.25, 0.3) is 16.9 Å². The summed E-state index contributed by atoms with van der Waals surface area (Å²) in [4.78, 5) is 19.6. The molecule has 1 N–H and O–H groups in total. The number of benzene rings is 2. The van der Waals surface area contributed by atoms with E-state index in [4.69, 9.17) is 21.3 Å². The van der Waals surface area contributed by atoms with Crippen LogP contribution >= 0.6 is 27.5 Å². The largest absolute Gasteiger partial charge is 0.481 e. The average Bonchev–Trinajstić information content (AvgIpc) is 3.26. The molecule has 0 saturated carbocycles. The number of carbonyl (C=O) groups is 1. The Labute approximate surface area is 217 Å². The van der Waals surface area contributed by atoms with E-state index in [1.165, 1.54) is 0 Å². The molecule has 0 aliphatic carbocycles. The Bertz CT molecular complexity index is 1340. The Morgan fingerprint density at radius 3 is 2.60 bits per heavy atom. The molecule has 35 heavy (non-hydrogen) atoms. The molecule has 1 amide bonds. The van der Waals surface area contributed by atoms with Crippen LogP contribution in [0.1, 0.15) is 19.8 Å². The highest BCUT2D eigenvalue weighted by molar-refractivity contribution is 9.10. The maximum atomic E-state index is 12.9. The predicted molar refractivity (Wildman–Crippen MR) is 141 cm³/mol. The van der Waals surface area contributed by atoms with Crippen molar-refractivity contribution in [3.8, 4) is 17.0 Å². The number of rotatable bonds is 6. The lowest BCUT2D eigenvalue weighted by Crippen LogP contribution is -2.47. The van der Waals surface area contributed by atoms with Crippen LogP contribution in [0.5, 0.6) is 5.75 Å². The molecule has 7 nitrogen and oxygen atoms in total. The van der Waals surface area contributed by atoms with E-state index in [2.05, 4.69) is 26.3 Å². The summed E-state index contributed by atoms with van der Waals surface area (Å²) in [7, 11) is 0. The normalized spacial score (nSPS) is 15.2. The number of hydrogen-bond acceptors (Lipinski definition) is 5. The van der Waals surface area contributed by atoms with E-state index in [1.54, 1.807) is 17.6 Å². The number of anilines is 1. The minimum Gasteiger partial charge on any atom is -0.481 e. The molecule has 1 saturated heterocycles. The number of piperidine rings is 1. The van der Waals surface area contributed by atoms with Crippen molar-refractivity contribution in [2.24, 2.45) is 0 Å². The first-order valence-electron chi connectivity index (χ1n) is 11.6. The van der Waals surface area contributed by atoms with E-state index in [0.29, 0.717) is 29.5 Å². The molecule has 0 bridgehead atoms. The first-order chi connectivity index (χ1) is 17.0. The molecule has 0 radical (unpaired) electrons. The third kappa shape index (κ3) is 5.13. The van der Waals surface area contributed by atoms with Crippen molar-refractivity contribution in [3.05, 3.63) is 76.4 Å². The van der Waals surface area contributed by atoms with Gasteiger partial charge in [0.1, 0.15) is 11.6 Å². The summed E-state index contributed by atoms with van der Waals surface area (Å²) >= 11 is 10.00. The Balaban J connectivity index is 1.28. The highest BCUT2D eigenvalue weighted by atomic mass is 79.9. The molecule has 1 unspecified atom stereocenters. The fraction of sp³-hybridized carbons (Fsp3) is 0.269. The fourth-order valence-corrected chi connectivity index (χ4v) is 4.89. The van der Waals surface area contributed by atoms with Crippen LogP contribution in [0.3, 0.4) is 0 Å². The van der Waals surface area contributed by atoms with Crippen LogP contribution in [-0.4, -0.2) is 50.6 Å². The van der Waals surface area contributed by atoms with Crippen LogP contribution < -0.4 is 10.1 Å². The second-order valence-corrected chi connectivity index (χ2v) is 9.81. The molecule has 1 fully saturated rings. The van der Waals surface area contributed by atoms with E-state index >= 15 is 0 Å². The van der Waals surface area contributed by atoms with Gasteiger partial charge in [-0.2, -0.15) is 9.61 Å². The van der Waals surface area contributed by atoms with Crippen molar-refractivity contribution < 1.29 is 9.53 Å². The van der Waals surface area contributed by atoms with Crippen LogP contribution in [0, 0.1) is 0 Å². The van der Waals surface area contributed by atoms with E-state index in [1.807, 2.05) is 65.6 Å². The topological polar surface area (TPSA) is 71.8 Å². The van der Waals surface area contributed by atoms with Gasteiger partial charge in [0.2, 0.25) is 0 Å². The van der Waals surface area contributed by atoms with Crippen LogP contribution in [0.4, 0.5) is 5.82 Å². The van der Waals surface area contributed by atoms with Gasteiger partial charge in [-0.05, 0) is 53.9 Å². The number of nitrogens with one attached hydrogen (secondary N) is 1. The molecule has 2 aromatic heterocycles. The molecule has 1 atom stereocenters. The number of hydrogen-bond donors (Lipinski definition) is 1. The summed E-state index contributed by atoms with van der Waals surface area (Å²) < 4.78 is 8.42. The number of ether oxygens (including phenoxy) is 1. The average molecular weight is 555 g/mol. The van der Waals surface area contributed by atoms with Gasteiger partial charge < -0.3 is 15.0 Å². The molecular formula is C26H25BrClN5O2. The number of aromatic nitrogens is 3. The smallest absolute Gasteiger partial charge is 0.263 e. The summed E-state index contributed by atoms with van der Waals surface area (Å²) in [5, 5.41) is 8.74. The summed E-state index contributed by atoms with van der Waals surface area (Å²) in [6, 6.07) is 19.3. The molecule has 180 valence electrons. The highest BCUT2D eigenvalue weighted by Gasteiger charge is 2.27. The molecule has 2 aromatic carbocycles. The Morgan fingerprint density at radius 1 is 1.14 bits per heavy atom. The quantitative estimate of drug-likeness (QED) is 0.332. The summed E-state index contributed by atoms with van der Waals surface area (Å²) in [6.45, 7) is 3.12. The minimum absolute atomic E-state index is 0.00983. The zero-order chi connectivity index (χ0) is 24.4. The fourth-order valence-electron chi connectivity index (χ4n) is 4.31. The van der Waals surface area contributed by atoms with E-state index in [-0.39, 0.29) is 11.9 Å². The molecule has 4 aromatic rings. The Hall–Kier alpha value is -3.10. The van der Waals surface area contributed by atoms with Gasteiger partial charge >= 0.3 is 0 Å². The van der Waals surface area contributed by atoms with Gasteiger partial charge in [-0.25, -0.2) is 4.98 Å². The molecular weight excluding hydrogens is 530 g/mol. The molecule has 0 spiro atoms. The van der Waals surface area contributed by atoms with Crippen molar-refractivity contribution in [2.75, 3.05) is 18.4 Å². The van der Waals surface area contributed by atoms with Crippen molar-refractivity contribution >= 4 is 44.9 Å². The number of para-hydroxylation sites is 1. The second kappa shape index (κ2) is 10.3. The van der Waals surface area contributed by atoms with Gasteiger partial charge in [-0.15, -0.1) is 0 Å². The first kappa shape index (κ1) is 23.6. The van der Waals surface area contributed by atoms with Crippen molar-refractivity contribution in [3.63, 3.8) is 0 Å². The van der Waals surface area contributed by atoms with Crippen LogP contribution in [-0.2, 0) is 4.79 Å². The zero-order valence-corrected chi connectivity index (χ0v) is 21.5. The van der Waals surface area contributed by atoms with Crippen LogP contribution in [0.15, 0.2) is 71.3 Å². The van der Waals surface area contributed by atoms with Crippen molar-refractivity contribution in [1.29, 1.82) is 0 Å². The van der Waals surface area contributed by atoms with Gasteiger partial charge in [-0.3, -0.25) is 4.79 Å². The van der Waals surface area contributed by atoms with Gasteiger partial charge in [0, 0.05) is 35.8 Å². The number of carbonyl (C=O) groups excluding carboxylic acids is 1. The Kier molecular flexibility index (Phi) is 6.92. The number of halogens is 2. The number of nitrogens with zero attached hydrogens (tertiary/aromatic N) is 4. The lowest BCUT2D eigenvalue weighted by Gasteiger charge is -2.34.